The van der Waals surface area contributed by atoms with Crippen molar-refractivity contribution in [1.29, 1.82) is 0 Å². The number of carbonyl (C=O) groups excluding carboxylic acids is 1. The zero-order valence-corrected chi connectivity index (χ0v) is 11.6. The molecule has 1 aromatic carbocycles. The molecule has 5 nitrogen and oxygen atoms in total. The molecule has 1 aromatic rings. The smallest absolute Gasteiger partial charge is 0.322 e. The molecule has 0 bridgehead atoms. The molecule has 2 N–H and O–H groups in total. The number of fused-ring (bicyclic) bond motifs is 1. The van der Waals surface area contributed by atoms with Gasteiger partial charge in [-0.3, -0.25) is 9.69 Å². The van der Waals surface area contributed by atoms with Crippen LogP contribution in [0.3, 0.4) is 0 Å². The van der Waals surface area contributed by atoms with Crippen molar-refractivity contribution >= 4 is 29.3 Å². The molecular weight excluding hydrogens is 280 g/mol. The third-order valence-corrected chi connectivity index (χ3v) is 3.35. The number of hydrogen-bond acceptors (Lipinski definition) is 2. The lowest BCUT2D eigenvalue weighted by molar-refractivity contribution is -0.139. The van der Waals surface area contributed by atoms with Crippen molar-refractivity contribution in [2.45, 2.75) is 12.3 Å². The predicted molar refractivity (Wildman–Crippen MR) is 77.2 cm³/mol. The van der Waals surface area contributed by atoms with Gasteiger partial charge in [-0.1, -0.05) is 36.4 Å². The van der Waals surface area contributed by atoms with Crippen LogP contribution >= 0.6 is 11.6 Å². The first-order chi connectivity index (χ1) is 9.50. The monoisotopic (exact) mass is 294 g/mol. The molecule has 0 aromatic heterocycles. The van der Waals surface area contributed by atoms with Gasteiger partial charge in [-0.2, -0.15) is 0 Å². The summed E-state index contributed by atoms with van der Waals surface area (Å²) < 4.78 is 0. The van der Waals surface area contributed by atoms with Gasteiger partial charge in [-0.05, 0) is 18.1 Å². The maximum Gasteiger partial charge on any atom is 0.322 e. The second-order valence-electron chi connectivity index (χ2n) is 4.57. The topological polar surface area (TPSA) is 69.6 Å². The fourth-order valence-corrected chi connectivity index (χ4v) is 2.36. The Bertz CT molecular complexity index is 559. The first kappa shape index (κ1) is 14.4. The molecular formula is C14H15ClN2O3. The van der Waals surface area contributed by atoms with E-state index >= 15 is 0 Å². The fourth-order valence-electron chi connectivity index (χ4n) is 2.30. The quantitative estimate of drug-likeness (QED) is 0.900. The number of nitrogens with one attached hydrogen (secondary N) is 1. The number of para-hydroxylation sites is 1. The SMILES string of the molecule is C=C(Cl)CNC(=O)N1CCC(C(=O)O)c2ccccc21. The number of hydrogen-bond donors (Lipinski definition) is 2. The van der Waals surface area contributed by atoms with E-state index in [4.69, 9.17) is 11.6 Å². The molecule has 0 aliphatic carbocycles. The number of benzene rings is 1. The Morgan fingerprint density at radius 3 is 2.80 bits per heavy atom. The highest BCUT2D eigenvalue weighted by molar-refractivity contribution is 6.29. The van der Waals surface area contributed by atoms with E-state index in [0.29, 0.717) is 29.2 Å². The number of anilines is 1. The number of carbonyl (C=O) groups is 2. The molecule has 1 aliphatic heterocycles. The van der Waals surface area contributed by atoms with Crippen LogP contribution in [0.15, 0.2) is 35.9 Å². The number of halogens is 1. The van der Waals surface area contributed by atoms with E-state index < -0.39 is 11.9 Å². The van der Waals surface area contributed by atoms with Gasteiger partial charge in [0.1, 0.15) is 0 Å². The van der Waals surface area contributed by atoms with Crippen molar-refractivity contribution < 1.29 is 14.7 Å². The van der Waals surface area contributed by atoms with Gasteiger partial charge in [0.05, 0.1) is 12.5 Å². The Labute approximate surface area is 121 Å². The maximum absolute atomic E-state index is 12.1. The molecule has 20 heavy (non-hydrogen) atoms. The lowest BCUT2D eigenvalue weighted by Crippen LogP contribution is -2.44. The molecule has 0 spiro atoms. The molecule has 1 atom stereocenters. The fraction of sp³-hybridized carbons (Fsp3) is 0.286. The number of carboxylic acid groups (broad SMARTS) is 1. The predicted octanol–water partition coefficient (Wildman–Crippen LogP) is 2.53. The molecule has 1 heterocycles. The zero-order valence-electron chi connectivity index (χ0n) is 10.8. The normalized spacial score (nSPS) is 17.2. The van der Waals surface area contributed by atoms with Crippen molar-refractivity contribution in [3.8, 4) is 0 Å². The summed E-state index contributed by atoms with van der Waals surface area (Å²) in [6.07, 6.45) is 0.390. The summed E-state index contributed by atoms with van der Waals surface area (Å²) in [7, 11) is 0. The van der Waals surface area contributed by atoms with Crippen LogP contribution in [0.2, 0.25) is 0 Å². The first-order valence-corrected chi connectivity index (χ1v) is 6.59. The molecule has 2 rings (SSSR count). The Morgan fingerprint density at radius 1 is 1.45 bits per heavy atom. The first-order valence-electron chi connectivity index (χ1n) is 6.21. The van der Waals surface area contributed by atoms with Gasteiger partial charge in [-0.25, -0.2) is 4.79 Å². The summed E-state index contributed by atoms with van der Waals surface area (Å²) in [6.45, 7) is 4.04. The lowest BCUT2D eigenvalue weighted by atomic mass is 9.90. The Morgan fingerprint density at radius 2 is 2.15 bits per heavy atom. The summed E-state index contributed by atoms with van der Waals surface area (Å²) in [6, 6.07) is 6.75. The summed E-state index contributed by atoms with van der Waals surface area (Å²) >= 11 is 5.62. The number of carboxylic acids is 1. The minimum Gasteiger partial charge on any atom is -0.481 e. The number of rotatable bonds is 3. The van der Waals surface area contributed by atoms with Crippen molar-refractivity contribution in [1.82, 2.24) is 5.32 Å². The van der Waals surface area contributed by atoms with Crippen molar-refractivity contribution in [2.24, 2.45) is 0 Å². The summed E-state index contributed by atoms with van der Waals surface area (Å²) in [5, 5.41) is 12.2. The third kappa shape index (κ3) is 2.93. The highest BCUT2D eigenvalue weighted by Crippen LogP contribution is 2.35. The van der Waals surface area contributed by atoms with Crippen LogP contribution in [0.25, 0.3) is 0 Å². The van der Waals surface area contributed by atoms with Gasteiger partial charge < -0.3 is 10.4 Å². The van der Waals surface area contributed by atoms with Gasteiger partial charge >= 0.3 is 12.0 Å². The molecule has 0 fully saturated rings. The molecule has 0 radical (unpaired) electrons. The average molecular weight is 295 g/mol. The van der Waals surface area contributed by atoms with E-state index in [2.05, 4.69) is 11.9 Å². The van der Waals surface area contributed by atoms with Gasteiger partial charge in [0.15, 0.2) is 0 Å². The molecule has 1 unspecified atom stereocenters. The van der Waals surface area contributed by atoms with E-state index in [9.17, 15) is 14.7 Å². The highest BCUT2D eigenvalue weighted by Gasteiger charge is 2.32. The minimum absolute atomic E-state index is 0.182. The summed E-state index contributed by atoms with van der Waals surface area (Å²) in [5.41, 5.74) is 1.29. The van der Waals surface area contributed by atoms with Gasteiger partial charge in [0.25, 0.3) is 0 Å². The van der Waals surface area contributed by atoms with Crippen molar-refractivity contribution in [2.75, 3.05) is 18.0 Å². The summed E-state index contributed by atoms with van der Waals surface area (Å²) in [5.74, 6) is -1.44. The number of aliphatic carboxylic acids is 1. The second kappa shape index (κ2) is 5.96. The van der Waals surface area contributed by atoms with E-state index in [1.54, 1.807) is 24.3 Å². The van der Waals surface area contributed by atoms with E-state index in [0.717, 1.165) is 0 Å². The van der Waals surface area contributed by atoms with Gasteiger partial charge in [-0.15, -0.1) is 0 Å². The number of amides is 2. The number of nitrogens with zero attached hydrogens (tertiary/aromatic N) is 1. The van der Waals surface area contributed by atoms with Crippen LogP contribution in [0.4, 0.5) is 10.5 Å². The molecule has 2 amide bonds. The Hall–Kier alpha value is -2.01. The second-order valence-corrected chi connectivity index (χ2v) is 5.10. The van der Waals surface area contributed by atoms with Crippen LogP contribution < -0.4 is 10.2 Å². The molecule has 0 saturated heterocycles. The van der Waals surface area contributed by atoms with Crippen molar-refractivity contribution in [3.05, 3.63) is 41.4 Å². The van der Waals surface area contributed by atoms with E-state index in [-0.39, 0.29) is 12.6 Å². The largest absolute Gasteiger partial charge is 0.481 e. The zero-order chi connectivity index (χ0) is 14.7. The van der Waals surface area contributed by atoms with Gasteiger partial charge in [0.2, 0.25) is 0 Å². The molecule has 0 saturated carbocycles. The van der Waals surface area contributed by atoms with E-state index in [1.807, 2.05) is 0 Å². The van der Waals surface area contributed by atoms with Crippen LogP contribution in [0, 0.1) is 0 Å². The third-order valence-electron chi connectivity index (χ3n) is 3.22. The minimum atomic E-state index is -0.869. The summed E-state index contributed by atoms with van der Waals surface area (Å²) in [4.78, 5) is 24.9. The molecule has 106 valence electrons. The maximum atomic E-state index is 12.1. The van der Waals surface area contributed by atoms with Crippen LogP contribution in [0.1, 0.15) is 17.9 Å². The molecule has 6 heteroatoms. The van der Waals surface area contributed by atoms with Gasteiger partial charge in [0, 0.05) is 17.3 Å². The van der Waals surface area contributed by atoms with Crippen LogP contribution in [0.5, 0.6) is 0 Å². The van der Waals surface area contributed by atoms with Crippen molar-refractivity contribution in [3.63, 3.8) is 0 Å². The van der Waals surface area contributed by atoms with Crippen LogP contribution in [-0.2, 0) is 4.79 Å². The molecule has 1 aliphatic rings. The highest BCUT2D eigenvalue weighted by atomic mass is 35.5. The van der Waals surface area contributed by atoms with E-state index in [1.165, 1.54) is 4.90 Å². The Kier molecular flexibility index (Phi) is 4.29. The lowest BCUT2D eigenvalue weighted by Gasteiger charge is -2.32. The van der Waals surface area contributed by atoms with Crippen LogP contribution in [-0.4, -0.2) is 30.2 Å². The standard InChI is InChI=1S/C14H15ClN2O3/c1-9(15)8-16-14(20)17-7-6-11(13(18)19)10-4-2-3-5-12(10)17/h2-5,11H,1,6-8H2,(H,16,20)(H,18,19). The average Bonchev–Trinajstić information content (AvgIpc) is 2.43. The Balaban J connectivity index is 2.25. The number of urea groups is 1.